The molecular formula is C20H21NO3. The maximum atomic E-state index is 12.5. The lowest BCUT2D eigenvalue weighted by Gasteiger charge is -2.27. The first-order chi connectivity index (χ1) is 11.6. The summed E-state index contributed by atoms with van der Waals surface area (Å²) in [5, 5.41) is 12.2. The summed E-state index contributed by atoms with van der Waals surface area (Å²) in [6, 6.07) is 17.7. The molecule has 0 aromatic heterocycles. The molecule has 0 unspecified atom stereocenters. The van der Waals surface area contributed by atoms with Gasteiger partial charge in [-0.25, -0.2) is 0 Å². The van der Waals surface area contributed by atoms with Crippen molar-refractivity contribution in [1.29, 1.82) is 0 Å². The van der Waals surface area contributed by atoms with Crippen LogP contribution in [0.2, 0.25) is 0 Å². The van der Waals surface area contributed by atoms with Crippen LogP contribution in [0.15, 0.2) is 54.6 Å². The van der Waals surface area contributed by atoms with Gasteiger partial charge in [0.2, 0.25) is 5.91 Å². The van der Waals surface area contributed by atoms with Crippen LogP contribution < -0.4 is 5.32 Å². The Bertz CT molecular complexity index is 709. The van der Waals surface area contributed by atoms with Crippen LogP contribution >= 0.6 is 0 Å². The average molecular weight is 323 g/mol. The molecular weight excluding hydrogens is 302 g/mol. The minimum atomic E-state index is -0.866. The van der Waals surface area contributed by atoms with Crippen LogP contribution in [0.5, 0.6) is 0 Å². The SMILES string of the molecule is O=C(O)[C@H]1CCCC[C@H]1C(=O)Nc1ccc(-c2ccccc2)cc1. The zero-order chi connectivity index (χ0) is 16.9. The lowest BCUT2D eigenvalue weighted by atomic mass is 9.78. The number of anilines is 1. The number of carbonyl (C=O) groups is 2. The molecule has 1 saturated carbocycles. The molecule has 1 amide bonds. The summed E-state index contributed by atoms with van der Waals surface area (Å²) in [6.45, 7) is 0. The van der Waals surface area contributed by atoms with Crippen molar-refractivity contribution in [3.63, 3.8) is 0 Å². The van der Waals surface area contributed by atoms with Gasteiger partial charge in [-0.15, -0.1) is 0 Å². The number of amides is 1. The molecule has 2 N–H and O–H groups in total. The topological polar surface area (TPSA) is 66.4 Å². The van der Waals surface area contributed by atoms with Crippen molar-refractivity contribution >= 4 is 17.6 Å². The van der Waals surface area contributed by atoms with Gasteiger partial charge in [-0.1, -0.05) is 55.3 Å². The fourth-order valence-electron chi connectivity index (χ4n) is 3.35. The predicted molar refractivity (Wildman–Crippen MR) is 93.6 cm³/mol. The Morgan fingerprint density at radius 1 is 0.833 bits per heavy atom. The standard InChI is InChI=1S/C20H21NO3/c22-19(17-8-4-5-9-18(17)20(23)24)21-16-12-10-15(11-13-16)14-6-2-1-3-7-14/h1-3,6-7,10-13,17-18H,4-5,8-9H2,(H,21,22)(H,23,24)/t17-,18+/m1/s1. The molecule has 24 heavy (non-hydrogen) atoms. The lowest BCUT2D eigenvalue weighted by molar-refractivity contribution is -0.147. The summed E-state index contributed by atoms with van der Waals surface area (Å²) in [5.74, 6) is -2.06. The average Bonchev–Trinajstić information content (AvgIpc) is 2.63. The van der Waals surface area contributed by atoms with Crippen LogP contribution in [0.4, 0.5) is 5.69 Å². The molecule has 2 aromatic rings. The van der Waals surface area contributed by atoms with Gasteiger partial charge >= 0.3 is 5.97 Å². The summed E-state index contributed by atoms with van der Waals surface area (Å²) < 4.78 is 0. The maximum absolute atomic E-state index is 12.5. The van der Waals surface area contributed by atoms with Crippen molar-refractivity contribution in [3.8, 4) is 11.1 Å². The van der Waals surface area contributed by atoms with Crippen LogP contribution in [0.1, 0.15) is 25.7 Å². The van der Waals surface area contributed by atoms with Crippen molar-refractivity contribution in [3.05, 3.63) is 54.6 Å². The highest BCUT2D eigenvalue weighted by molar-refractivity contribution is 5.95. The quantitative estimate of drug-likeness (QED) is 0.887. The molecule has 2 aromatic carbocycles. The van der Waals surface area contributed by atoms with Crippen LogP contribution in [-0.2, 0) is 9.59 Å². The molecule has 0 heterocycles. The number of benzene rings is 2. The van der Waals surface area contributed by atoms with Crippen molar-refractivity contribution in [2.75, 3.05) is 5.32 Å². The minimum Gasteiger partial charge on any atom is -0.481 e. The predicted octanol–water partition coefficient (Wildman–Crippen LogP) is 4.18. The first kappa shape index (κ1) is 16.2. The summed E-state index contributed by atoms with van der Waals surface area (Å²) in [6.07, 6.45) is 3.02. The van der Waals surface area contributed by atoms with E-state index in [2.05, 4.69) is 5.32 Å². The molecule has 0 spiro atoms. The van der Waals surface area contributed by atoms with E-state index in [1.165, 1.54) is 0 Å². The van der Waals surface area contributed by atoms with Gasteiger partial charge in [-0.3, -0.25) is 9.59 Å². The number of nitrogens with one attached hydrogen (secondary N) is 1. The van der Waals surface area contributed by atoms with E-state index < -0.39 is 17.8 Å². The van der Waals surface area contributed by atoms with Gasteiger partial charge in [0.15, 0.2) is 0 Å². The molecule has 1 aliphatic rings. The third-order valence-corrected chi connectivity index (χ3v) is 4.68. The minimum absolute atomic E-state index is 0.186. The summed E-state index contributed by atoms with van der Waals surface area (Å²) in [5.41, 5.74) is 2.90. The Morgan fingerprint density at radius 3 is 2.04 bits per heavy atom. The second-order valence-corrected chi connectivity index (χ2v) is 6.27. The summed E-state index contributed by atoms with van der Waals surface area (Å²) in [7, 11) is 0. The van der Waals surface area contributed by atoms with Gasteiger partial charge < -0.3 is 10.4 Å². The molecule has 3 rings (SSSR count). The van der Waals surface area contributed by atoms with E-state index in [1.54, 1.807) is 0 Å². The van der Waals surface area contributed by atoms with Gasteiger partial charge in [-0.2, -0.15) is 0 Å². The molecule has 2 atom stereocenters. The second-order valence-electron chi connectivity index (χ2n) is 6.27. The number of aliphatic carboxylic acids is 1. The Labute approximate surface area is 141 Å². The lowest BCUT2D eigenvalue weighted by Crippen LogP contribution is -2.36. The van der Waals surface area contributed by atoms with E-state index in [-0.39, 0.29) is 5.91 Å². The van der Waals surface area contributed by atoms with Gasteiger partial charge in [-0.05, 0) is 36.1 Å². The molecule has 4 nitrogen and oxygen atoms in total. The van der Waals surface area contributed by atoms with Crippen LogP contribution in [0, 0.1) is 11.8 Å². The Balaban J connectivity index is 1.69. The molecule has 0 radical (unpaired) electrons. The number of hydrogen-bond acceptors (Lipinski definition) is 2. The van der Waals surface area contributed by atoms with E-state index in [9.17, 15) is 14.7 Å². The number of hydrogen-bond donors (Lipinski definition) is 2. The zero-order valence-electron chi connectivity index (χ0n) is 13.4. The number of carbonyl (C=O) groups excluding carboxylic acids is 1. The highest BCUT2D eigenvalue weighted by Gasteiger charge is 2.35. The first-order valence-electron chi connectivity index (χ1n) is 8.34. The second kappa shape index (κ2) is 7.30. The molecule has 0 saturated heterocycles. The van der Waals surface area contributed by atoms with E-state index in [0.717, 1.165) is 24.0 Å². The summed E-state index contributed by atoms with van der Waals surface area (Å²) in [4.78, 5) is 23.8. The van der Waals surface area contributed by atoms with E-state index in [0.29, 0.717) is 18.5 Å². The van der Waals surface area contributed by atoms with Gasteiger partial charge in [0, 0.05) is 5.69 Å². The van der Waals surface area contributed by atoms with E-state index in [4.69, 9.17) is 0 Å². The van der Waals surface area contributed by atoms with E-state index >= 15 is 0 Å². The monoisotopic (exact) mass is 323 g/mol. The van der Waals surface area contributed by atoms with Crippen molar-refractivity contribution in [2.24, 2.45) is 11.8 Å². The van der Waals surface area contributed by atoms with E-state index in [1.807, 2.05) is 54.6 Å². The maximum Gasteiger partial charge on any atom is 0.307 e. The molecule has 0 aliphatic heterocycles. The van der Waals surface area contributed by atoms with Crippen molar-refractivity contribution in [2.45, 2.75) is 25.7 Å². The Kier molecular flexibility index (Phi) is 4.94. The number of carboxylic acids is 1. The Morgan fingerprint density at radius 2 is 1.42 bits per heavy atom. The fraction of sp³-hybridized carbons (Fsp3) is 0.300. The van der Waals surface area contributed by atoms with Gasteiger partial charge in [0.05, 0.1) is 11.8 Å². The normalized spacial score (nSPS) is 20.3. The van der Waals surface area contributed by atoms with Crippen molar-refractivity contribution in [1.82, 2.24) is 0 Å². The van der Waals surface area contributed by atoms with Crippen LogP contribution in [0.3, 0.4) is 0 Å². The zero-order valence-corrected chi connectivity index (χ0v) is 13.4. The number of rotatable bonds is 4. The molecule has 4 heteroatoms. The third kappa shape index (κ3) is 3.65. The number of carboxylic acid groups (broad SMARTS) is 1. The van der Waals surface area contributed by atoms with Crippen LogP contribution in [-0.4, -0.2) is 17.0 Å². The first-order valence-corrected chi connectivity index (χ1v) is 8.34. The highest BCUT2D eigenvalue weighted by atomic mass is 16.4. The fourth-order valence-corrected chi connectivity index (χ4v) is 3.35. The smallest absolute Gasteiger partial charge is 0.307 e. The summed E-state index contributed by atoms with van der Waals surface area (Å²) >= 11 is 0. The molecule has 124 valence electrons. The van der Waals surface area contributed by atoms with Gasteiger partial charge in [0.1, 0.15) is 0 Å². The molecule has 1 fully saturated rings. The Hall–Kier alpha value is -2.62. The third-order valence-electron chi connectivity index (χ3n) is 4.68. The van der Waals surface area contributed by atoms with Crippen LogP contribution in [0.25, 0.3) is 11.1 Å². The van der Waals surface area contributed by atoms with Gasteiger partial charge in [0.25, 0.3) is 0 Å². The highest BCUT2D eigenvalue weighted by Crippen LogP contribution is 2.31. The van der Waals surface area contributed by atoms with Crippen molar-refractivity contribution < 1.29 is 14.7 Å². The molecule has 1 aliphatic carbocycles. The molecule has 0 bridgehead atoms. The largest absolute Gasteiger partial charge is 0.481 e.